The number of hydrogen-bond acceptors (Lipinski definition) is 2. The first kappa shape index (κ1) is 15.7. The fraction of sp³-hybridized carbons (Fsp3) is 0.267. The number of carbonyl (C=O) groups excluding carboxylic acids is 1. The second-order valence-electron chi connectivity index (χ2n) is 4.61. The van der Waals surface area contributed by atoms with E-state index in [9.17, 15) is 4.79 Å². The van der Waals surface area contributed by atoms with E-state index in [0.717, 1.165) is 12.2 Å². The number of amides is 1. The zero-order valence-corrected chi connectivity index (χ0v) is 13.1. The van der Waals surface area contributed by atoms with E-state index in [0.29, 0.717) is 28.9 Å². The summed E-state index contributed by atoms with van der Waals surface area (Å²) in [5.74, 6) is 0.679. The van der Waals surface area contributed by atoms with Gasteiger partial charge >= 0.3 is 0 Å². The predicted octanol–water partition coefficient (Wildman–Crippen LogP) is 3.86. The molecular weight excluding hydrogens is 311 g/mol. The summed E-state index contributed by atoms with van der Waals surface area (Å²) < 4.78 is 5.58. The summed E-state index contributed by atoms with van der Waals surface area (Å²) >= 11 is 11.6. The van der Waals surface area contributed by atoms with Gasteiger partial charge in [0.15, 0.2) is 0 Å². The average Bonchev–Trinajstić information content (AvgIpc) is 2.91. The Morgan fingerprint density at radius 3 is 2.57 bits per heavy atom. The molecule has 0 radical (unpaired) electrons. The molecule has 0 saturated carbocycles. The third-order valence-electron chi connectivity index (χ3n) is 2.95. The average molecular weight is 327 g/mol. The molecule has 1 heterocycles. The van der Waals surface area contributed by atoms with Gasteiger partial charge in [0.1, 0.15) is 11.4 Å². The maximum atomic E-state index is 12.0. The SMILES string of the molecule is CN(CCCOc1ccc(Cl)cc1)C(=O)c1cc(Cl)c[nH]1. The summed E-state index contributed by atoms with van der Waals surface area (Å²) in [5, 5.41) is 1.20. The van der Waals surface area contributed by atoms with Gasteiger partial charge in [-0.2, -0.15) is 0 Å². The molecule has 0 aliphatic heterocycles. The lowest BCUT2D eigenvalue weighted by Gasteiger charge is -2.16. The second-order valence-corrected chi connectivity index (χ2v) is 5.49. The highest BCUT2D eigenvalue weighted by Gasteiger charge is 2.13. The lowest BCUT2D eigenvalue weighted by Crippen LogP contribution is -2.28. The molecule has 2 rings (SSSR count). The molecule has 6 heteroatoms. The van der Waals surface area contributed by atoms with E-state index in [1.54, 1.807) is 36.3 Å². The fourth-order valence-electron chi connectivity index (χ4n) is 1.82. The minimum absolute atomic E-state index is 0.0895. The Morgan fingerprint density at radius 1 is 1.24 bits per heavy atom. The van der Waals surface area contributed by atoms with Gasteiger partial charge in [-0.1, -0.05) is 23.2 Å². The van der Waals surface area contributed by atoms with Gasteiger partial charge in [0.25, 0.3) is 5.91 Å². The molecule has 0 spiro atoms. The third-order valence-corrected chi connectivity index (χ3v) is 3.42. The van der Waals surface area contributed by atoms with Crippen molar-refractivity contribution in [2.24, 2.45) is 0 Å². The summed E-state index contributed by atoms with van der Waals surface area (Å²) in [6, 6.07) is 8.81. The number of halogens is 2. The Labute approximate surface area is 133 Å². The Hall–Kier alpha value is -1.65. The van der Waals surface area contributed by atoms with Gasteiger partial charge in [-0.25, -0.2) is 0 Å². The highest BCUT2D eigenvalue weighted by molar-refractivity contribution is 6.31. The number of H-pyrrole nitrogens is 1. The number of nitrogens with one attached hydrogen (secondary N) is 1. The van der Waals surface area contributed by atoms with Crippen molar-refractivity contribution >= 4 is 29.1 Å². The van der Waals surface area contributed by atoms with Crippen LogP contribution in [0.2, 0.25) is 10.0 Å². The molecule has 0 aliphatic carbocycles. The predicted molar refractivity (Wildman–Crippen MR) is 84.3 cm³/mol. The quantitative estimate of drug-likeness (QED) is 0.819. The van der Waals surface area contributed by atoms with E-state index < -0.39 is 0 Å². The van der Waals surface area contributed by atoms with E-state index in [1.807, 2.05) is 12.1 Å². The zero-order chi connectivity index (χ0) is 15.2. The minimum atomic E-state index is -0.0895. The number of hydrogen-bond donors (Lipinski definition) is 1. The summed E-state index contributed by atoms with van der Waals surface area (Å²) in [4.78, 5) is 16.5. The topological polar surface area (TPSA) is 45.3 Å². The number of rotatable bonds is 6. The fourth-order valence-corrected chi connectivity index (χ4v) is 2.11. The van der Waals surface area contributed by atoms with Gasteiger partial charge < -0.3 is 14.6 Å². The molecule has 112 valence electrons. The highest BCUT2D eigenvalue weighted by Crippen LogP contribution is 2.15. The zero-order valence-electron chi connectivity index (χ0n) is 11.6. The Kier molecular flexibility index (Phi) is 5.53. The van der Waals surface area contributed by atoms with E-state index >= 15 is 0 Å². The molecule has 0 saturated heterocycles. The maximum Gasteiger partial charge on any atom is 0.270 e. The lowest BCUT2D eigenvalue weighted by atomic mass is 10.3. The van der Waals surface area contributed by atoms with Crippen molar-refractivity contribution in [1.82, 2.24) is 9.88 Å². The number of benzene rings is 1. The first-order valence-corrected chi connectivity index (χ1v) is 7.29. The van der Waals surface area contributed by atoms with E-state index in [1.165, 1.54) is 0 Å². The van der Waals surface area contributed by atoms with E-state index in [4.69, 9.17) is 27.9 Å². The largest absolute Gasteiger partial charge is 0.494 e. The third kappa shape index (κ3) is 4.69. The van der Waals surface area contributed by atoms with Crippen molar-refractivity contribution in [3.05, 3.63) is 52.3 Å². The van der Waals surface area contributed by atoms with Crippen LogP contribution in [-0.2, 0) is 0 Å². The van der Waals surface area contributed by atoms with E-state index in [2.05, 4.69) is 4.98 Å². The minimum Gasteiger partial charge on any atom is -0.494 e. The number of nitrogens with zero attached hydrogens (tertiary/aromatic N) is 1. The van der Waals surface area contributed by atoms with Crippen LogP contribution >= 0.6 is 23.2 Å². The van der Waals surface area contributed by atoms with Crippen LogP contribution in [0.25, 0.3) is 0 Å². The molecule has 2 aromatic rings. The van der Waals surface area contributed by atoms with Crippen LogP contribution in [0.4, 0.5) is 0 Å². The van der Waals surface area contributed by atoms with Crippen LogP contribution in [0.5, 0.6) is 5.75 Å². The van der Waals surface area contributed by atoms with Crippen LogP contribution in [0, 0.1) is 0 Å². The molecule has 0 unspecified atom stereocenters. The maximum absolute atomic E-state index is 12.0. The van der Waals surface area contributed by atoms with Crippen molar-refractivity contribution in [1.29, 1.82) is 0 Å². The summed E-state index contributed by atoms with van der Waals surface area (Å²) in [5.41, 5.74) is 0.487. The number of aromatic amines is 1. The van der Waals surface area contributed by atoms with Gasteiger partial charge in [0.2, 0.25) is 0 Å². The van der Waals surface area contributed by atoms with Crippen LogP contribution in [0.15, 0.2) is 36.5 Å². The first-order chi connectivity index (χ1) is 10.1. The molecule has 1 aromatic carbocycles. The normalized spacial score (nSPS) is 10.4. The number of aromatic nitrogens is 1. The second kappa shape index (κ2) is 7.38. The Morgan fingerprint density at radius 2 is 1.95 bits per heavy atom. The molecule has 1 N–H and O–H groups in total. The molecule has 1 amide bonds. The smallest absolute Gasteiger partial charge is 0.270 e. The van der Waals surface area contributed by atoms with Crippen molar-refractivity contribution < 1.29 is 9.53 Å². The first-order valence-electron chi connectivity index (χ1n) is 6.54. The monoisotopic (exact) mass is 326 g/mol. The lowest BCUT2D eigenvalue weighted by molar-refractivity contribution is 0.0783. The van der Waals surface area contributed by atoms with Gasteiger partial charge in [0, 0.05) is 24.8 Å². The molecule has 0 bridgehead atoms. The number of carbonyl (C=O) groups is 1. The molecular formula is C15H16Cl2N2O2. The molecule has 0 fully saturated rings. The van der Waals surface area contributed by atoms with E-state index in [-0.39, 0.29) is 5.91 Å². The Balaban J connectivity index is 1.73. The van der Waals surface area contributed by atoms with Crippen LogP contribution < -0.4 is 4.74 Å². The van der Waals surface area contributed by atoms with Crippen molar-refractivity contribution in [3.8, 4) is 5.75 Å². The Bertz CT molecular complexity index is 596. The molecule has 4 nitrogen and oxygen atoms in total. The molecule has 0 atom stereocenters. The van der Waals surface area contributed by atoms with Gasteiger partial charge in [-0.3, -0.25) is 4.79 Å². The van der Waals surface area contributed by atoms with Crippen molar-refractivity contribution in [3.63, 3.8) is 0 Å². The van der Waals surface area contributed by atoms with Crippen LogP contribution in [0.3, 0.4) is 0 Å². The van der Waals surface area contributed by atoms with Crippen molar-refractivity contribution in [2.75, 3.05) is 20.2 Å². The standard InChI is InChI=1S/C15H16Cl2N2O2/c1-19(15(20)14-9-12(17)10-18-14)7-2-8-21-13-5-3-11(16)4-6-13/h3-6,9-10,18H,2,7-8H2,1H3. The van der Waals surface area contributed by atoms with Gasteiger partial charge in [-0.15, -0.1) is 0 Å². The molecule has 0 aliphatic rings. The van der Waals surface area contributed by atoms with Crippen LogP contribution in [-0.4, -0.2) is 36.0 Å². The molecule has 21 heavy (non-hydrogen) atoms. The van der Waals surface area contributed by atoms with Crippen molar-refractivity contribution in [2.45, 2.75) is 6.42 Å². The molecule has 1 aromatic heterocycles. The summed E-state index contributed by atoms with van der Waals surface area (Å²) in [6.45, 7) is 1.13. The number of ether oxygens (including phenoxy) is 1. The highest BCUT2D eigenvalue weighted by atomic mass is 35.5. The van der Waals surface area contributed by atoms with Gasteiger partial charge in [-0.05, 0) is 36.8 Å². The van der Waals surface area contributed by atoms with Crippen LogP contribution in [0.1, 0.15) is 16.9 Å². The van der Waals surface area contributed by atoms with Gasteiger partial charge in [0.05, 0.1) is 11.6 Å². The summed E-state index contributed by atoms with van der Waals surface area (Å²) in [6.07, 6.45) is 2.32. The summed E-state index contributed by atoms with van der Waals surface area (Å²) in [7, 11) is 1.75.